The van der Waals surface area contributed by atoms with Crippen LogP contribution < -0.4 is 0 Å². The summed E-state index contributed by atoms with van der Waals surface area (Å²) in [5, 5.41) is 12.2. The smallest absolute Gasteiger partial charge is 0.312 e. The molecule has 1 aliphatic rings. The molecule has 6 heterocycles. The van der Waals surface area contributed by atoms with Crippen LogP contribution in [0.3, 0.4) is 0 Å². The molecular formula is C21H15F2N9O2. The van der Waals surface area contributed by atoms with Gasteiger partial charge < -0.3 is 14.3 Å². The van der Waals surface area contributed by atoms with Gasteiger partial charge in [0.15, 0.2) is 0 Å². The molecule has 0 unspecified atom stereocenters. The summed E-state index contributed by atoms with van der Waals surface area (Å²) in [6.07, 6.45) is 3.75. The van der Waals surface area contributed by atoms with Crippen LogP contribution >= 0.6 is 0 Å². The van der Waals surface area contributed by atoms with E-state index in [4.69, 9.17) is 4.42 Å². The highest BCUT2D eigenvalue weighted by atomic mass is 19.3. The molecule has 0 saturated heterocycles. The number of H-pyrrole nitrogens is 1. The fraction of sp³-hybridized carbons (Fsp3) is 0.190. The second kappa shape index (κ2) is 7.79. The topological polar surface area (TPSA) is 131 Å². The van der Waals surface area contributed by atoms with E-state index in [1.165, 1.54) is 40.4 Å². The Kier molecular flexibility index (Phi) is 4.60. The van der Waals surface area contributed by atoms with Crippen LogP contribution in [0.2, 0.25) is 0 Å². The Balaban J connectivity index is 1.42. The van der Waals surface area contributed by atoms with Gasteiger partial charge in [-0.25, -0.2) is 23.3 Å². The van der Waals surface area contributed by atoms with E-state index in [2.05, 4.69) is 35.2 Å². The summed E-state index contributed by atoms with van der Waals surface area (Å²) in [6, 6.07) is 5.45. The summed E-state index contributed by atoms with van der Waals surface area (Å²) in [5.74, 6) is -0.714. The van der Waals surface area contributed by atoms with Gasteiger partial charge in [-0.1, -0.05) is 6.07 Å². The number of pyridine rings is 1. The van der Waals surface area contributed by atoms with E-state index in [9.17, 15) is 13.6 Å². The maximum absolute atomic E-state index is 13.5. The third-order valence-corrected chi connectivity index (χ3v) is 5.61. The summed E-state index contributed by atoms with van der Waals surface area (Å²) in [7, 11) is 0. The van der Waals surface area contributed by atoms with Crippen LogP contribution in [0.1, 0.15) is 45.9 Å². The highest BCUT2D eigenvalue weighted by molar-refractivity contribution is 5.90. The Bertz CT molecular complexity index is 1490. The summed E-state index contributed by atoms with van der Waals surface area (Å²) in [6.45, 7) is 0.303. The number of hydrogen-bond donors (Lipinski definition) is 1. The zero-order valence-corrected chi connectivity index (χ0v) is 17.3. The molecule has 0 fully saturated rings. The van der Waals surface area contributed by atoms with Crippen molar-refractivity contribution in [2.45, 2.75) is 18.9 Å². The van der Waals surface area contributed by atoms with Crippen molar-refractivity contribution in [1.82, 2.24) is 44.6 Å². The Hall–Kier alpha value is -4.55. The van der Waals surface area contributed by atoms with Crippen molar-refractivity contribution in [1.29, 1.82) is 0 Å². The minimum absolute atomic E-state index is 0.0553. The van der Waals surface area contributed by atoms with Gasteiger partial charge >= 0.3 is 11.8 Å². The lowest BCUT2D eigenvalue weighted by Gasteiger charge is -2.32. The van der Waals surface area contributed by atoms with Gasteiger partial charge in [-0.15, -0.1) is 10.2 Å². The van der Waals surface area contributed by atoms with Gasteiger partial charge in [-0.2, -0.15) is 5.10 Å². The number of alkyl halides is 2. The Morgan fingerprint density at radius 3 is 2.94 bits per heavy atom. The standard InChI is InChI=1S/C21H15F2N9O2/c22-18(23)15-3-1-2-11-8-13(30-32(11)15)17-16-12(26-10-27-16)4-7-31(17)21(33)20-29-28-19(34-20)14-9-24-5-6-25-14/h1-3,5-6,8-10,17-18H,4,7H2,(H,26,27)/t17-/m1/s1. The first-order valence-corrected chi connectivity index (χ1v) is 10.3. The highest BCUT2D eigenvalue weighted by Gasteiger charge is 2.38. The van der Waals surface area contributed by atoms with Crippen molar-refractivity contribution >= 4 is 11.4 Å². The van der Waals surface area contributed by atoms with Gasteiger partial charge in [-0.3, -0.25) is 9.78 Å². The van der Waals surface area contributed by atoms with Gasteiger partial charge in [0.1, 0.15) is 17.4 Å². The molecule has 0 aliphatic carbocycles. The zero-order chi connectivity index (χ0) is 23.2. The number of nitrogens with one attached hydrogen (secondary N) is 1. The first-order valence-electron chi connectivity index (χ1n) is 10.3. The Morgan fingerprint density at radius 2 is 2.12 bits per heavy atom. The fourth-order valence-electron chi connectivity index (χ4n) is 4.10. The van der Waals surface area contributed by atoms with Gasteiger partial charge in [-0.05, 0) is 18.2 Å². The van der Waals surface area contributed by atoms with Crippen LogP contribution in [0.5, 0.6) is 0 Å². The van der Waals surface area contributed by atoms with Gasteiger partial charge in [0.25, 0.3) is 12.3 Å². The van der Waals surface area contributed by atoms with Crippen LogP contribution in [-0.4, -0.2) is 57.1 Å². The van der Waals surface area contributed by atoms with E-state index in [1.54, 1.807) is 18.2 Å². The third kappa shape index (κ3) is 3.20. The maximum atomic E-state index is 13.5. The molecule has 34 heavy (non-hydrogen) atoms. The lowest BCUT2D eigenvalue weighted by molar-refractivity contribution is 0.0646. The number of fused-ring (bicyclic) bond motifs is 2. The van der Waals surface area contributed by atoms with Crippen molar-refractivity contribution in [2.24, 2.45) is 0 Å². The van der Waals surface area contributed by atoms with Crippen LogP contribution in [-0.2, 0) is 6.42 Å². The van der Waals surface area contributed by atoms with Crippen molar-refractivity contribution < 1.29 is 18.0 Å². The molecule has 13 heteroatoms. The summed E-state index contributed by atoms with van der Waals surface area (Å²) in [5.41, 5.74) is 2.37. The predicted octanol–water partition coefficient (Wildman–Crippen LogP) is 2.62. The molecule has 0 radical (unpaired) electrons. The van der Waals surface area contributed by atoms with Gasteiger partial charge in [0, 0.05) is 31.1 Å². The molecule has 11 nitrogen and oxygen atoms in total. The number of carbonyl (C=O) groups excluding carboxylic acids is 1. The molecule has 170 valence electrons. The Labute approximate surface area is 189 Å². The molecule has 0 saturated carbocycles. The molecule has 5 aromatic rings. The van der Waals surface area contributed by atoms with Gasteiger partial charge in [0.05, 0.1) is 29.4 Å². The van der Waals surface area contributed by atoms with E-state index in [-0.39, 0.29) is 17.5 Å². The first kappa shape index (κ1) is 20.1. The van der Waals surface area contributed by atoms with Crippen molar-refractivity contribution in [3.8, 4) is 11.6 Å². The summed E-state index contributed by atoms with van der Waals surface area (Å²) in [4.78, 5) is 30.5. The van der Waals surface area contributed by atoms with E-state index in [0.717, 1.165) is 5.69 Å². The maximum Gasteiger partial charge on any atom is 0.312 e. The third-order valence-electron chi connectivity index (χ3n) is 5.61. The van der Waals surface area contributed by atoms with Crippen LogP contribution in [0.25, 0.3) is 17.1 Å². The first-order chi connectivity index (χ1) is 16.6. The fourth-order valence-corrected chi connectivity index (χ4v) is 4.10. The number of amides is 1. The van der Waals surface area contributed by atoms with Crippen molar-refractivity contribution in [3.05, 3.63) is 77.8 Å². The molecular weight excluding hydrogens is 448 g/mol. The average Bonchev–Trinajstić information content (AvgIpc) is 3.62. The molecule has 6 rings (SSSR count). The van der Waals surface area contributed by atoms with Crippen molar-refractivity contribution in [2.75, 3.05) is 6.54 Å². The average molecular weight is 463 g/mol. The minimum atomic E-state index is -2.71. The van der Waals surface area contributed by atoms with Crippen molar-refractivity contribution in [3.63, 3.8) is 0 Å². The molecule has 0 bridgehead atoms. The number of nitrogens with zero attached hydrogens (tertiary/aromatic N) is 8. The lowest BCUT2D eigenvalue weighted by Crippen LogP contribution is -2.41. The molecule has 1 N–H and O–H groups in total. The van der Waals surface area contributed by atoms with E-state index < -0.39 is 18.4 Å². The second-order valence-electron chi connectivity index (χ2n) is 7.58. The number of imidazole rings is 1. The normalized spacial score (nSPS) is 15.7. The number of carbonyl (C=O) groups is 1. The molecule has 0 spiro atoms. The molecule has 1 atom stereocenters. The predicted molar refractivity (Wildman–Crippen MR) is 111 cm³/mol. The summed E-state index contributed by atoms with van der Waals surface area (Å²) >= 11 is 0. The number of aromatic nitrogens is 8. The number of aromatic amines is 1. The summed E-state index contributed by atoms with van der Waals surface area (Å²) < 4.78 is 33.8. The lowest BCUT2D eigenvalue weighted by atomic mass is 9.99. The van der Waals surface area contributed by atoms with Crippen LogP contribution in [0.15, 0.2) is 53.6 Å². The minimum Gasteiger partial charge on any atom is -0.411 e. The largest absolute Gasteiger partial charge is 0.411 e. The van der Waals surface area contributed by atoms with Crippen LogP contribution in [0, 0.1) is 0 Å². The Morgan fingerprint density at radius 1 is 1.21 bits per heavy atom. The number of halogens is 2. The van der Waals surface area contributed by atoms with E-state index in [1.807, 2.05) is 0 Å². The molecule has 0 aromatic carbocycles. The van der Waals surface area contributed by atoms with E-state index >= 15 is 0 Å². The number of rotatable bonds is 4. The van der Waals surface area contributed by atoms with Crippen LogP contribution in [0.4, 0.5) is 8.78 Å². The SMILES string of the molecule is O=C(c1nnc(-c2cnccn2)o1)N1CCc2[nH]cnc2[C@H]1c1cc2cccc(C(F)F)n2n1. The quantitative estimate of drug-likeness (QED) is 0.430. The molecule has 5 aromatic heterocycles. The molecule has 1 aliphatic heterocycles. The van der Waals surface area contributed by atoms with Gasteiger partial charge in [0.2, 0.25) is 0 Å². The monoisotopic (exact) mass is 463 g/mol. The zero-order valence-electron chi connectivity index (χ0n) is 17.3. The highest BCUT2D eigenvalue weighted by Crippen LogP contribution is 2.35. The number of hydrogen-bond acceptors (Lipinski definition) is 8. The molecule has 1 amide bonds. The second-order valence-corrected chi connectivity index (χ2v) is 7.58. The van der Waals surface area contributed by atoms with E-state index in [0.29, 0.717) is 35.6 Å².